The highest BCUT2D eigenvalue weighted by Crippen LogP contribution is 2.90. The first-order valence-corrected chi connectivity index (χ1v) is 36.0. The van der Waals surface area contributed by atoms with Gasteiger partial charge >= 0.3 is 0 Å². The van der Waals surface area contributed by atoms with Gasteiger partial charge in [-0.3, -0.25) is 9.80 Å². The third-order valence-electron chi connectivity index (χ3n) is 34.8. The number of likely N-dealkylation sites (N-methyl/N-ethyl adjacent to an activating group) is 1. The molecule has 15 aliphatic carbocycles. The molecule has 4 N–H and O–H groups in total. The molecule has 3 aromatic rings. The third kappa shape index (κ3) is 5.37. The number of aliphatic hydroxyl groups is 3. The number of benzene rings is 3. The molecule has 3 aromatic carbocycles. The number of piperidine rings is 3. The fraction of sp³-hybridized carbons (Fsp3) is 0.762. The van der Waals surface area contributed by atoms with E-state index in [1.807, 2.05) is 0 Å². The summed E-state index contributed by atoms with van der Waals surface area (Å²) in [7, 11) is 2.37. The van der Waals surface area contributed by atoms with Crippen molar-refractivity contribution in [3.63, 3.8) is 0 Å². The average Bonchev–Trinajstić information content (AvgIpc) is 1.44. The number of ether oxygens (including phenoxy) is 3. The molecule has 0 aromatic heterocycles. The topological polar surface area (TPSA) is 140 Å². The lowest BCUT2D eigenvalue weighted by Crippen LogP contribution is -2.73. The molecule has 3 saturated heterocycles. The lowest BCUT2D eigenvalue weighted by Gasteiger charge is -2.70. The molecular formula is C80H106N4O6. The maximum absolute atomic E-state index is 12.0. The van der Waals surface area contributed by atoms with Gasteiger partial charge in [0.05, 0.1) is 28.4 Å². The lowest BCUT2D eigenvalue weighted by molar-refractivity contribution is -0.246. The first kappa shape index (κ1) is 57.6. The Hall–Kier alpha value is -3.85. The van der Waals surface area contributed by atoms with Crippen LogP contribution in [0.15, 0.2) is 36.4 Å². The van der Waals surface area contributed by atoms with Gasteiger partial charge in [0, 0.05) is 88.6 Å². The minimum absolute atomic E-state index is 0.00907. The van der Waals surface area contributed by atoms with Gasteiger partial charge in [-0.2, -0.15) is 5.26 Å². The maximum Gasteiger partial charge on any atom is 0.180 e. The largest absolute Gasteiger partial charge is 0.488 e. The van der Waals surface area contributed by atoms with Gasteiger partial charge in [0.2, 0.25) is 0 Å². The van der Waals surface area contributed by atoms with E-state index in [4.69, 9.17) is 14.2 Å². The van der Waals surface area contributed by atoms with Gasteiger partial charge in [-0.15, -0.1) is 0 Å². The second-order valence-corrected chi connectivity index (χ2v) is 40.0. The Bertz CT molecular complexity index is 3910. The second kappa shape index (κ2) is 15.2. The zero-order valence-corrected chi connectivity index (χ0v) is 58.2. The summed E-state index contributed by atoms with van der Waals surface area (Å²) in [6.07, 6.45) is 20.5. The second-order valence-electron chi connectivity index (χ2n) is 40.0. The van der Waals surface area contributed by atoms with Gasteiger partial charge in [-0.25, -0.2) is 0 Å². The van der Waals surface area contributed by atoms with Crippen molar-refractivity contribution >= 4 is 0 Å². The molecule has 10 heteroatoms. The number of likely N-dealkylation sites (tertiary alicyclic amines) is 2. The van der Waals surface area contributed by atoms with Crippen molar-refractivity contribution in [1.82, 2.24) is 15.1 Å². The summed E-state index contributed by atoms with van der Waals surface area (Å²) in [5, 5.41) is 50.2. The van der Waals surface area contributed by atoms with E-state index in [0.29, 0.717) is 29.2 Å². The molecule has 12 bridgehead atoms. The highest BCUT2D eigenvalue weighted by atomic mass is 16.5. The van der Waals surface area contributed by atoms with Crippen molar-refractivity contribution in [2.75, 3.05) is 7.05 Å². The van der Waals surface area contributed by atoms with Gasteiger partial charge in [0.15, 0.2) is 6.19 Å². The zero-order chi connectivity index (χ0) is 63.7. The number of nitriles is 1. The van der Waals surface area contributed by atoms with Gasteiger partial charge in [0.1, 0.15) is 35.6 Å². The van der Waals surface area contributed by atoms with Gasteiger partial charge in [0.25, 0.3) is 0 Å². The molecule has 0 amide bonds. The molecule has 16 unspecified atom stereocenters. The molecule has 10 nitrogen and oxygen atoms in total. The van der Waals surface area contributed by atoms with Crippen molar-refractivity contribution in [1.29, 1.82) is 5.26 Å². The fourth-order valence-corrected chi connectivity index (χ4v) is 29.5. The molecular weight excluding hydrogens is 1110 g/mol. The Morgan fingerprint density at radius 3 is 1.26 bits per heavy atom. The van der Waals surface area contributed by atoms with Crippen LogP contribution < -0.4 is 19.5 Å². The number of hydrogen-bond acceptors (Lipinski definition) is 10. The fourth-order valence-electron chi connectivity index (χ4n) is 29.5. The Morgan fingerprint density at radius 1 is 0.489 bits per heavy atom. The van der Waals surface area contributed by atoms with Crippen LogP contribution in [0.4, 0.5) is 0 Å². The van der Waals surface area contributed by atoms with E-state index < -0.39 is 16.8 Å². The van der Waals surface area contributed by atoms with E-state index in [2.05, 4.69) is 189 Å². The number of hydrogen-bond donors (Lipinski definition) is 4. The molecule has 24 rings (SSSR count). The SMILES string of the molecule is Cc1ccc2c3c1OC1C4(C)CCC5(CC4C(C)(O)C(C)(C)C)[C@@H]4N(C#N)[C@]4(C2)C[C@]315.Cc1ccc2c3c1OC1C4(C)CCC5(CC4C(C)(O)C(C)(C)C)[C@@H]4N(C)[C@]4(C2)C[C@]315.Cc1ccc2c3c1OC1C4(C)CCC5(CC4C(C)(O)C(C)(C)C)[C@@H]4N[C@]4(C2)C[C@]315. The van der Waals surface area contributed by atoms with Crippen LogP contribution in [0.25, 0.3) is 0 Å². The molecule has 25 atom stereocenters. The predicted molar refractivity (Wildman–Crippen MR) is 349 cm³/mol. The summed E-state index contributed by atoms with van der Waals surface area (Å²) in [6.45, 7) is 40.1. The maximum atomic E-state index is 12.0. The van der Waals surface area contributed by atoms with E-state index in [9.17, 15) is 20.6 Å². The number of nitrogens with one attached hydrogen (secondary N) is 1. The minimum atomic E-state index is -0.803. The molecule has 9 spiro atoms. The molecule has 0 radical (unpaired) electrons. The van der Waals surface area contributed by atoms with E-state index in [1.165, 1.54) is 84.3 Å². The summed E-state index contributed by atoms with van der Waals surface area (Å²) in [5.41, 5.74) is 11.7. The van der Waals surface area contributed by atoms with E-state index in [0.717, 1.165) is 57.1 Å². The van der Waals surface area contributed by atoms with E-state index in [1.54, 1.807) is 22.3 Å². The van der Waals surface area contributed by atoms with Crippen LogP contribution in [-0.2, 0) is 35.5 Å². The average molecular weight is 1220 g/mol. The first-order valence-electron chi connectivity index (χ1n) is 36.0. The van der Waals surface area contributed by atoms with Crippen LogP contribution in [0.5, 0.6) is 17.2 Å². The van der Waals surface area contributed by atoms with Gasteiger partial charge in [-0.05, 0) is 212 Å². The number of fused-ring (bicyclic) bond motifs is 6. The Labute approximate surface area is 537 Å². The normalized spacial score (nSPS) is 51.3. The molecule has 90 heavy (non-hydrogen) atoms. The summed E-state index contributed by atoms with van der Waals surface area (Å²) in [6, 6.07) is 15.5. The van der Waals surface area contributed by atoms with Crippen LogP contribution in [0, 0.1) is 98.7 Å². The number of rotatable bonds is 3. The monoisotopic (exact) mass is 1220 g/mol. The lowest BCUT2D eigenvalue weighted by atomic mass is 9.35. The Balaban J connectivity index is 0.0000000972. The molecule has 6 aliphatic heterocycles. The summed E-state index contributed by atoms with van der Waals surface area (Å²) in [4.78, 5) is 4.86. The summed E-state index contributed by atoms with van der Waals surface area (Å²) in [5.74, 6) is 4.23. The first-order chi connectivity index (χ1) is 41.7. The highest BCUT2D eigenvalue weighted by Gasteiger charge is 2.95. The van der Waals surface area contributed by atoms with Crippen molar-refractivity contribution < 1.29 is 29.5 Å². The van der Waals surface area contributed by atoms with Crippen LogP contribution in [0.3, 0.4) is 0 Å². The molecule has 6 heterocycles. The number of nitrogens with zero attached hydrogens (tertiary/aromatic N) is 3. The van der Waals surface area contributed by atoms with E-state index >= 15 is 0 Å². The van der Waals surface area contributed by atoms with Crippen molar-refractivity contribution in [2.45, 2.75) is 307 Å². The van der Waals surface area contributed by atoms with Crippen LogP contribution in [0.1, 0.15) is 231 Å². The quantitative estimate of drug-likeness (QED) is 0.148. The molecule has 12 saturated carbocycles. The van der Waals surface area contributed by atoms with Gasteiger partial charge in [-0.1, -0.05) is 119 Å². The van der Waals surface area contributed by atoms with Crippen LogP contribution in [-0.4, -0.2) is 102 Å². The van der Waals surface area contributed by atoms with Crippen molar-refractivity contribution in [2.24, 2.45) is 66.5 Å². The Morgan fingerprint density at radius 2 is 0.844 bits per heavy atom. The molecule has 21 aliphatic rings. The molecule has 15 fully saturated rings. The number of aryl methyl sites for hydroxylation is 3. The summed E-state index contributed by atoms with van der Waals surface area (Å²) < 4.78 is 21.2. The summed E-state index contributed by atoms with van der Waals surface area (Å²) >= 11 is 0. The zero-order valence-electron chi connectivity index (χ0n) is 58.2. The Kier molecular flexibility index (Phi) is 9.73. The van der Waals surface area contributed by atoms with E-state index in [-0.39, 0.29) is 107 Å². The highest BCUT2D eigenvalue weighted by molar-refractivity contribution is 5.69. The smallest absolute Gasteiger partial charge is 0.180 e. The third-order valence-corrected chi connectivity index (χ3v) is 34.8. The van der Waals surface area contributed by atoms with Crippen molar-refractivity contribution in [3.8, 4) is 23.4 Å². The van der Waals surface area contributed by atoms with Crippen LogP contribution >= 0.6 is 0 Å². The van der Waals surface area contributed by atoms with Crippen molar-refractivity contribution in [3.05, 3.63) is 86.5 Å². The predicted octanol–water partition coefficient (Wildman–Crippen LogP) is 13.3. The van der Waals surface area contributed by atoms with Gasteiger partial charge < -0.3 is 34.8 Å². The van der Waals surface area contributed by atoms with Crippen LogP contribution in [0.2, 0.25) is 0 Å². The molecule has 482 valence electrons. The standard InChI is InChI=1S/C27H34N2O2.C27H37NO2.C26H35NO2/c1-15-7-8-16-11-26-13-27-18(16)19(15)31-21(27)23(5)9-10-25(27,20(26)29(26)14-28)12-17(23)24(6,30)22(2,3)4;1-15-8-9-16-12-26-14-27-18(16)19(15)30-21(27)23(5)10-11-25(27,20(26)28(26)7)13-17(23)24(6,29)22(2,3)4;1-14-7-8-15-11-25-13-26-17(15)18(14)29-20(26)22(5)9-10-24(26,19(25)27-25)12-16(22)23(6,28)21(2,3)4/h7-8,17,20-21,30H,9-13H2,1-6H3;8-9,17,20-21,29H,10-14H2,1-7H3;7-8,16,19-20,27-28H,9-13H2,1-6H3/t17?,20-,21?,23?,24?,25?,26+,27-,29?;17?,20-,21?,23?,24?,25?,26+,27-,28?;16?,19-,20?,22?,23?,24?,25+,26-/m000/s1. The minimum Gasteiger partial charge on any atom is -0.488 e.